The van der Waals surface area contributed by atoms with Crippen LogP contribution in [0, 0.1) is 5.82 Å². The zero-order valence-corrected chi connectivity index (χ0v) is 19.2. The SMILES string of the molecule is COc1cc(-c2csc(=Nc3ccc(Cl)c(F)c3)n2Cc2ccco2)cc(OC)c1OC. The molecule has 0 fully saturated rings. The molecule has 2 heterocycles. The third kappa shape index (κ3) is 4.37. The summed E-state index contributed by atoms with van der Waals surface area (Å²) >= 11 is 7.23. The largest absolute Gasteiger partial charge is 0.493 e. The maximum Gasteiger partial charge on any atom is 0.203 e. The summed E-state index contributed by atoms with van der Waals surface area (Å²) in [6.07, 6.45) is 1.62. The predicted octanol–water partition coefficient (Wildman–Crippen LogP) is 5.91. The molecule has 4 rings (SSSR count). The van der Waals surface area contributed by atoms with Gasteiger partial charge < -0.3 is 23.2 Å². The zero-order valence-electron chi connectivity index (χ0n) is 17.6. The first-order valence-corrected chi connectivity index (χ1v) is 10.8. The summed E-state index contributed by atoms with van der Waals surface area (Å²) in [6, 6.07) is 11.9. The van der Waals surface area contributed by atoms with Crippen LogP contribution < -0.4 is 19.0 Å². The molecule has 0 N–H and O–H groups in total. The third-order valence-corrected chi connectivity index (χ3v) is 5.95. The van der Waals surface area contributed by atoms with Gasteiger partial charge in [0.2, 0.25) is 5.75 Å². The second-order valence-electron chi connectivity index (χ2n) is 6.69. The molecule has 0 saturated heterocycles. The lowest BCUT2D eigenvalue weighted by molar-refractivity contribution is 0.324. The molecule has 166 valence electrons. The molecule has 0 radical (unpaired) electrons. The van der Waals surface area contributed by atoms with E-state index in [-0.39, 0.29) is 5.02 Å². The standard InChI is InChI=1S/C23H20ClFN2O4S/c1-28-20-9-14(10-21(29-2)22(20)30-3)19-13-32-23(27(19)12-16-5-4-8-31-16)26-15-6-7-17(24)18(25)11-15/h4-11,13H,12H2,1-3H3. The minimum atomic E-state index is -0.521. The van der Waals surface area contributed by atoms with Gasteiger partial charge >= 0.3 is 0 Å². The summed E-state index contributed by atoms with van der Waals surface area (Å²) in [5, 5.41) is 2.02. The first kappa shape index (κ1) is 22.0. The van der Waals surface area contributed by atoms with E-state index in [2.05, 4.69) is 4.99 Å². The summed E-state index contributed by atoms with van der Waals surface area (Å²) < 4.78 is 37.9. The molecule has 2 aromatic carbocycles. The quantitative estimate of drug-likeness (QED) is 0.334. The van der Waals surface area contributed by atoms with Gasteiger partial charge in [-0.1, -0.05) is 11.6 Å². The fourth-order valence-corrected chi connectivity index (χ4v) is 4.30. The third-order valence-electron chi connectivity index (χ3n) is 4.78. The number of rotatable bonds is 7. The van der Waals surface area contributed by atoms with Crippen LogP contribution in [-0.2, 0) is 6.54 Å². The summed E-state index contributed by atoms with van der Waals surface area (Å²) in [4.78, 5) is 5.30. The number of hydrogen-bond donors (Lipinski definition) is 0. The van der Waals surface area contributed by atoms with Crippen molar-refractivity contribution in [3.05, 3.63) is 75.5 Å². The molecule has 0 aliphatic rings. The minimum absolute atomic E-state index is 0.0525. The van der Waals surface area contributed by atoms with Gasteiger partial charge in [0.05, 0.1) is 50.5 Å². The molecular weight excluding hydrogens is 455 g/mol. The molecule has 2 aromatic heterocycles. The Hall–Kier alpha value is -3.23. The van der Waals surface area contributed by atoms with E-state index in [0.717, 1.165) is 17.0 Å². The molecule has 0 spiro atoms. The number of hydrogen-bond acceptors (Lipinski definition) is 6. The average Bonchev–Trinajstić information content (AvgIpc) is 3.46. The number of methoxy groups -OCH3 is 3. The van der Waals surface area contributed by atoms with Gasteiger partial charge in [0.25, 0.3) is 0 Å². The van der Waals surface area contributed by atoms with Crippen molar-refractivity contribution < 1.29 is 23.0 Å². The van der Waals surface area contributed by atoms with E-state index in [1.54, 1.807) is 33.7 Å². The molecule has 9 heteroatoms. The highest BCUT2D eigenvalue weighted by molar-refractivity contribution is 7.07. The first-order valence-electron chi connectivity index (χ1n) is 9.55. The Kier molecular flexibility index (Phi) is 6.53. The van der Waals surface area contributed by atoms with Crippen molar-refractivity contribution in [2.45, 2.75) is 6.54 Å². The van der Waals surface area contributed by atoms with Crippen LogP contribution in [0.1, 0.15) is 5.76 Å². The average molecular weight is 475 g/mol. The van der Waals surface area contributed by atoms with Crippen LogP contribution in [0.2, 0.25) is 5.02 Å². The normalized spacial score (nSPS) is 11.6. The number of benzene rings is 2. The Morgan fingerprint density at radius 1 is 1.06 bits per heavy atom. The van der Waals surface area contributed by atoms with Gasteiger partial charge in [0.1, 0.15) is 11.6 Å². The molecule has 0 saturated carbocycles. The number of aromatic nitrogens is 1. The van der Waals surface area contributed by atoms with Crippen LogP contribution >= 0.6 is 22.9 Å². The predicted molar refractivity (Wildman–Crippen MR) is 122 cm³/mol. The first-order chi connectivity index (χ1) is 15.5. The Morgan fingerprint density at radius 3 is 2.41 bits per heavy atom. The van der Waals surface area contributed by atoms with Crippen LogP contribution in [-0.4, -0.2) is 25.9 Å². The maximum absolute atomic E-state index is 13.9. The lowest BCUT2D eigenvalue weighted by atomic mass is 10.1. The van der Waals surface area contributed by atoms with Crippen LogP contribution in [0.25, 0.3) is 11.3 Å². The molecule has 0 unspecified atom stereocenters. The highest BCUT2D eigenvalue weighted by Gasteiger charge is 2.17. The Labute approximate surface area is 193 Å². The van der Waals surface area contributed by atoms with Crippen molar-refractivity contribution >= 4 is 28.6 Å². The lowest BCUT2D eigenvalue weighted by Gasteiger charge is -2.15. The van der Waals surface area contributed by atoms with Gasteiger partial charge in [-0.2, -0.15) is 0 Å². The summed E-state index contributed by atoms with van der Waals surface area (Å²) in [5.74, 6) is 1.81. The van der Waals surface area contributed by atoms with E-state index in [1.807, 2.05) is 34.2 Å². The topological polar surface area (TPSA) is 58.1 Å². The molecule has 4 aromatic rings. The number of thiazole rings is 1. The molecule has 32 heavy (non-hydrogen) atoms. The van der Waals surface area contributed by atoms with Crippen LogP contribution in [0.4, 0.5) is 10.1 Å². The Bertz CT molecular complexity index is 1270. The number of halogens is 2. The van der Waals surface area contributed by atoms with Gasteiger partial charge in [0, 0.05) is 17.0 Å². The molecule has 0 atom stereocenters. The van der Waals surface area contributed by atoms with E-state index >= 15 is 0 Å². The van der Waals surface area contributed by atoms with Crippen molar-refractivity contribution in [2.75, 3.05) is 21.3 Å². The molecule has 0 amide bonds. The second kappa shape index (κ2) is 9.50. The van der Waals surface area contributed by atoms with E-state index in [0.29, 0.717) is 34.3 Å². The zero-order chi connectivity index (χ0) is 22.7. The fourth-order valence-electron chi connectivity index (χ4n) is 3.25. The Morgan fingerprint density at radius 2 is 1.81 bits per heavy atom. The van der Waals surface area contributed by atoms with Crippen LogP contribution in [0.5, 0.6) is 17.2 Å². The van der Waals surface area contributed by atoms with Crippen molar-refractivity contribution in [2.24, 2.45) is 4.99 Å². The molecule has 6 nitrogen and oxygen atoms in total. The number of furan rings is 1. The van der Waals surface area contributed by atoms with Crippen molar-refractivity contribution in [3.8, 4) is 28.5 Å². The van der Waals surface area contributed by atoms with E-state index in [9.17, 15) is 4.39 Å². The van der Waals surface area contributed by atoms with Gasteiger partial charge in [-0.3, -0.25) is 0 Å². The summed E-state index contributed by atoms with van der Waals surface area (Å²) in [5.41, 5.74) is 2.16. The number of ether oxygens (including phenoxy) is 3. The minimum Gasteiger partial charge on any atom is -0.493 e. The second-order valence-corrected chi connectivity index (χ2v) is 7.94. The van der Waals surface area contributed by atoms with E-state index in [1.165, 1.54) is 23.5 Å². The molecule has 0 bridgehead atoms. The van der Waals surface area contributed by atoms with Gasteiger partial charge in [0.15, 0.2) is 16.3 Å². The van der Waals surface area contributed by atoms with E-state index < -0.39 is 5.82 Å². The van der Waals surface area contributed by atoms with Gasteiger partial charge in [-0.15, -0.1) is 11.3 Å². The number of nitrogens with zero attached hydrogens (tertiary/aromatic N) is 2. The maximum atomic E-state index is 13.9. The van der Waals surface area contributed by atoms with Crippen molar-refractivity contribution in [3.63, 3.8) is 0 Å². The van der Waals surface area contributed by atoms with E-state index in [4.69, 9.17) is 30.2 Å². The molecule has 0 aliphatic carbocycles. The smallest absolute Gasteiger partial charge is 0.203 e. The summed E-state index contributed by atoms with van der Waals surface area (Å²) in [7, 11) is 4.70. The Balaban J connectivity index is 1.90. The van der Waals surface area contributed by atoms with Crippen molar-refractivity contribution in [1.82, 2.24) is 4.57 Å². The van der Waals surface area contributed by atoms with Gasteiger partial charge in [-0.25, -0.2) is 9.38 Å². The highest BCUT2D eigenvalue weighted by atomic mass is 35.5. The highest BCUT2D eigenvalue weighted by Crippen LogP contribution is 2.41. The summed E-state index contributed by atoms with van der Waals surface area (Å²) in [6.45, 7) is 0.428. The fraction of sp³-hybridized carbons (Fsp3) is 0.174. The lowest BCUT2D eigenvalue weighted by Crippen LogP contribution is -2.16. The van der Waals surface area contributed by atoms with Crippen LogP contribution in [0.3, 0.4) is 0 Å². The van der Waals surface area contributed by atoms with Crippen molar-refractivity contribution in [1.29, 1.82) is 0 Å². The van der Waals surface area contributed by atoms with Crippen LogP contribution in [0.15, 0.2) is 63.5 Å². The monoisotopic (exact) mass is 474 g/mol. The molecular formula is C23H20ClFN2O4S. The van der Waals surface area contributed by atoms with Gasteiger partial charge in [-0.05, 0) is 36.4 Å². The molecule has 0 aliphatic heterocycles.